The van der Waals surface area contributed by atoms with Crippen molar-refractivity contribution in [1.29, 1.82) is 5.26 Å². The van der Waals surface area contributed by atoms with Crippen LogP contribution >= 0.6 is 11.6 Å². The Bertz CT molecular complexity index is 371. The molecule has 86 valence electrons. The molecule has 0 aliphatic carbocycles. The van der Waals surface area contributed by atoms with Gasteiger partial charge in [0.2, 0.25) is 0 Å². The van der Waals surface area contributed by atoms with Crippen LogP contribution in [0.3, 0.4) is 0 Å². The highest BCUT2D eigenvalue weighted by molar-refractivity contribution is 6.32. The van der Waals surface area contributed by atoms with E-state index in [1.165, 1.54) is 0 Å². The van der Waals surface area contributed by atoms with Crippen molar-refractivity contribution in [3.8, 4) is 6.07 Å². The lowest BCUT2D eigenvalue weighted by molar-refractivity contribution is 0.689. The van der Waals surface area contributed by atoms with Crippen molar-refractivity contribution >= 4 is 17.3 Å². The Labute approximate surface area is 101 Å². The maximum atomic E-state index is 8.72. The van der Waals surface area contributed by atoms with Crippen molar-refractivity contribution in [2.75, 3.05) is 25.0 Å². The standard InChI is InChI=1S/C12H16ClN3/c1-2-15-6-3-7-16-11-5-4-10(9-14)12(13)8-11/h4-5,8,15-16H,2-3,6-7H2,1H3. The van der Waals surface area contributed by atoms with Gasteiger partial charge in [-0.3, -0.25) is 0 Å². The molecule has 0 unspecified atom stereocenters. The zero-order valence-corrected chi connectivity index (χ0v) is 10.1. The molecule has 2 N–H and O–H groups in total. The van der Waals surface area contributed by atoms with E-state index in [0.717, 1.165) is 31.7 Å². The van der Waals surface area contributed by atoms with E-state index in [0.29, 0.717) is 10.6 Å². The second-order valence-electron chi connectivity index (χ2n) is 3.44. The van der Waals surface area contributed by atoms with Crippen LogP contribution in [0.25, 0.3) is 0 Å². The third kappa shape index (κ3) is 4.09. The van der Waals surface area contributed by atoms with Crippen molar-refractivity contribution in [3.05, 3.63) is 28.8 Å². The first-order chi connectivity index (χ1) is 7.77. The van der Waals surface area contributed by atoms with Crippen LogP contribution in [0.4, 0.5) is 5.69 Å². The fraction of sp³-hybridized carbons (Fsp3) is 0.417. The average Bonchev–Trinajstić information content (AvgIpc) is 2.29. The number of anilines is 1. The van der Waals surface area contributed by atoms with Crippen LogP contribution in [0.2, 0.25) is 5.02 Å². The van der Waals surface area contributed by atoms with Crippen LogP contribution in [-0.4, -0.2) is 19.6 Å². The number of hydrogen-bond donors (Lipinski definition) is 2. The summed E-state index contributed by atoms with van der Waals surface area (Å²) in [6.07, 6.45) is 1.06. The number of nitriles is 1. The van der Waals surface area contributed by atoms with Gasteiger partial charge in [-0.25, -0.2) is 0 Å². The van der Waals surface area contributed by atoms with E-state index < -0.39 is 0 Å². The maximum Gasteiger partial charge on any atom is 0.101 e. The monoisotopic (exact) mass is 237 g/mol. The summed E-state index contributed by atoms with van der Waals surface area (Å²) in [7, 11) is 0. The van der Waals surface area contributed by atoms with Gasteiger partial charge < -0.3 is 10.6 Å². The Hall–Kier alpha value is -1.24. The van der Waals surface area contributed by atoms with Gasteiger partial charge >= 0.3 is 0 Å². The third-order valence-corrected chi connectivity index (χ3v) is 2.51. The minimum absolute atomic E-state index is 0.499. The van der Waals surface area contributed by atoms with Gasteiger partial charge in [0.05, 0.1) is 10.6 Å². The summed E-state index contributed by atoms with van der Waals surface area (Å²) in [6, 6.07) is 7.43. The highest BCUT2D eigenvalue weighted by Gasteiger charge is 1.99. The van der Waals surface area contributed by atoms with E-state index in [2.05, 4.69) is 17.6 Å². The Morgan fingerprint density at radius 1 is 1.38 bits per heavy atom. The lowest BCUT2D eigenvalue weighted by atomic mass is 10.2. The van der Waals surface area contributed by atoms with Gasteiger partial charge in [-0.1, -0.05) is 18.5 Å². The zero-order valence-electron chi connectivity index (χ0n) is 9.39. The maximum absolute atomic E-state index is 8.72. The van der Waals surface area contributed by atoms with Crippen molar-refractivity contribution in [1.82, 2.24) is 5.32 Å². The van der Waals surface area contributed by atoms with E-state index in [9.17, 15) is 0 Å². The molecule has 0 aliphatic rings. The molecular formula is C12H16ClN3. The number of halogens is 1. The lowest BCUT2D eigenvalue weighted by Crippen LogP contribution is -2.17. The van der Waals surface area contributed by atoms with Crippen LogP contribution in [-0.2, 0) is 0 Å². The summed E-state index contributed by atoms with van der Waals surface area (Å²) in [5.41, 5.74) is 1.47. The average molecular weight is 238 g/mol. The second kappa shape index (κ2) is 7.10. The number of hydrogen-bond acceptors (Lipinski definition) is 3. The molecule has 0 spiro atoms. The highest BCUT2D eigenvalue weighted by atomic mass is 35.5. The van der Waals surface area contributed by atoms with Crippen LogP contribution in [0, 0.1) is 11.3 Å². The first-order valence-electron chi connectivity index (χ1n) is 5.42. The van der Waals surface area contributed by atoms with E-state index >= 15 is 0 Å². The molecule has 0 bridgehead atoms. The highest BCUT2D eigenvalue weighted by Crippen LogP contribution is 2.19. The molecule has 0 aliphatic heterocycles. The molecule has 0 aromatic heterocycles. The Morgan fingerprint density at radius 3 is 2.81 bits per heavy atom. The molecule has 1 aromatic rings. The second-order valence-corrected chi connectivity index (χ2v) is 3.85. The Kier molecular flexibility index (Phi) is 5.69. The van der Waals surface area contributed by atoms with Gasteiger partial charge in [-0.05, 0) is 37.7 Å². The summed E-state index contributed by atoms with van der Waals surface area (Å²) in [5.74, 6) is 0. The van der Waals surface area contributed by atoms with Gasteiger partial charge in [0.25, 0.3) is 0 Å². The molecule has 0 atom stereocenters. The van der Waals surface area contributed by atoms with Crippen LogP contribution in [0.15, 0.2) is 18.2 Å². The summed E-state index contributed by atoms with van der Waals surface area (Å²) < 4.78 is 0. The number of nitrogens with zero attached hydrogens (tertiary/aromatic N) is 1. The summed E-state index contributed by atoms with van der Waals surface area (Å²) in [5, 5.41) is 15.7. The molecule has 3 nitrogen and oxygen atoms in total. The SMILES string of the molecule is CCNCCCNc1ccc(C#N)c(Cl)c1. The molecule has 0 radical (unpaired) electrons. The van der Waals surface area contributed by atoms with Gasteiger partial charge in [0, 0.05) is 12.2 Å². The van der Waals surface area contributed by atoms with E-state index in [1.54, 1.807) is 12.1 Å². The largest absolute Gasteiger partial charge is 0.385 e. The van der Waals surface area contributed by atoms with Crippen molar-refractivity contribution in [3.63, 3.8) is 0 Å². The Balaban J connectivity index is 2.38. The molecule has 4 heteroatoms. The summed E-state index contributed by atoms with van der Waals surface area (Å²) in [6.45, 7) is 5.00. The van der Waals surface area contributed by atoms with Gasteiger partial charge in [0.1, 0.15) is 6.07 Å². The topological polar surface area (TPSA) is 47.8 Å². The van der Waals surface area contributed by atoms with Crippen LogP contribution < -0.4 is 10.6 Å². The minimum Gasteiger partial charge on any atom is -0.385 e. The molecule has 0 amide bonds. The normalized spacial score (nSPS) is 9.81. The number of rotatable bonds is 6. The fourth-order valence-electron chi connectivity index (χ4n) is 1.34. The van der Waals surface area contributed by atoms with Crippen LogP contribution in [0.5, 0.6) is 0 Å². The van der Waals surface area contributed by atoms with Crippen molar-refractivity contribution in [2.24, 2.45) is 0 Å². The minimum atomic E-state index is 0.499. The van der Waals surface area contributed by atoms with Crippen molar-refractivity contribution < 1.29 is 0 Å². The zero-order chi connectivity index (χ0) is 11.8. The molecule has 0 saturated carbocycles. The molecule has 0 heterocycles. The molecular weight excluding hydrogens is 222 g/mol. The predicted octanol–water partition coefficient (Wildman–Crippen LogP) is 2.62. The van der Waals surface area contributed by atoms with Gasteiger partial charge in [-0.15, -0.1) is 0 Å². The van der Waals surface area contributed by atoms with Crippen molar-refractivity contribution in [2.45, 2.75) is 13.3 Å². The van der Waals surface area contributed by atoms with E-state index in [-0.39, 0.29) is 0 Å². The fourth-order valence-corrected chi connectivity index (χ4v) is 1.56. The quantitative estimate of drug-likeness (QED) is 0.748. The van der Waals surface area contributed by atoms with E-state index in [4.69, 9.17) is 16.9 Å². The molecule has 1 aromatic carbocycles. The van der Waals surface area contributed by atoms with Crippen LogP contribution in [0.1, 0.15) is 18.9 Å². The Morgan fingerprint density at radius 2 is 2.19 bits per heavy atom. The molecule has 0 saturated heterocycles. The van der Waals surface area contributed by atoms with Gasteiger partial charge in [-0.2, -0.15) is 5.26 Å². The molecule has 16 heavy (non-hydrogen) atoms. The number of benzene rings is 1. The first-order valence-corrected chi connectivity index (χ1v) is 5.80. The predicted molar refractivity (Wildman–Crippen MR) is 67.8 cm³/mol. The number of nitrogens with one attached hydrogen (secondary N) is 2. The lowest BCUT2D eigenvalue weighted by Gasteiger charge is -2.07. The summed E-state index contributed by atoms with van der Waals surface area (Å²) in [4.78, 5) is 0. The molecule has 1 rings (SSSR count). The van der Waals surface area contributed by atoms with E-state index in [1.807, 2.05) is 12.1 Å². The van der Waals surface area contributed by atoms with Gasteiger partial charge in [0.15, 0.2) is 0 Å². The third-order valence-electron chi connectivity index (χ3n) is 2.20. The summed E-state index contributed by atoms with van der Waals surface area (Å²) >= 11 is 5.92. The smallest absolute Gasteiger partial charge is 0.101 e. The molecule has 0 fully saturated rings. The first kappa shape index (κ1) is 12.8.